The number of nitrogens with one attached hydrogen (secondary N) is 2. The van der Waals surface area contributed by atoms with Crippen molar-refractivity contribution in [3.05, 3.63) is 36.3 Å². The number of aromatic nitrogens is 5. The molecule has 0 unspecified atom stereocenters. The largest absolute Gasteiger partial charge is 0.486 e. The van der Waals surface area contributed by atoms with Crippen molar-refractivity contribution in [1.29, 1.82) is 0 Å². The van der Waals surface area contributed by atoms with E-state index in [0.717, 1.165) is 16.6 Å². The summed E-state index contributed by atoms with van der Waals surface area (Å²) in [6.07, 6.45) is 5.96. The summed E-state index contributed by atoms with van der Waals surface area (Å²) in [6, 6.07) is 2.71. The average Bonchev–Trinajstić information content (AvgIpc) is 3.46. The van der Waals surface area contributed by atoms with Crippen molar-refractivity contribution < 1.29 is 23.4 Å². The monoisotopic (exact) mass is 495 g/mol. The van der Waals surface area contributed by atoms with Gasteiger partial charge in [-0.15, -0.1) is 0 Å². The molecule has 2 fully saturated rings. The zero-order chi connectivity index (χ0) is 24.6. The van der Waals surface area contributed by atoms with Crippen molar-refractivity contribution in [2.45, 2.75) is 49.8 Å². The Balaban J connectivity index is 1.39. The van der Waals surface area contributed by atoms with Crippen molar-refractivity contribution in [3.63, 3.8) is 0 Å². The molecular weight excluding hydrogens is 472 g/mol. The number of fused-ring (bicyclic) bond motifs is 4. The first-order chi connectivity index (χ1) is 17.4. The second-order valence-electron chi connectivity index (χ2n) is 9.64. The maximum atomic E-state index is 13.8. The van der Waals surface area contributed by atoms with E-state index in [1.165, 1.54) is 10.7 Å². The third kappa shape index (κ3) is 3.10. The molecule has 0 saturated heterocycles. The van der Waals surface area contributed by atoms with Gasteiger partial charge in [0.15, 0.2) is 17.2 Å². The molecule has 1 amide bonds. The van der Waals surface area contributed by atoms with E-state index in [2.05, 4.69) is 25.3 Å². The molecule has 10 nitrogen and oxygen atoms in total. The lowest BCUT2D eigenvalue weighted by Crippen LogP contribution is -2.55. The molecule has 0 aromatic carbocycles. The van der Waals surface area contributed by atoms with Crippen LogP contribution in [0.1, 0.15) is 42.1 Å². The number of alkyl halides is 2. The predicted octanol–water partition coefficient (Wildman–Crippen LogP) is 2.77. The van der Waals surface area contributed by atoms with Gasteiger partial charge in [0.1, 0.15) is 23.5 Å². The average molecular weight is 495 g/mol. The first-order valence-corrected chi connectivity index (χ1v) is 12.0. The SMILES string of the molecule is O=C(N[C@@H]1CCC1(F)F)c1cnn2c3c(c(-c4cn(C5CC(O)C5)c5ncccc45)nc12)OCCN3. The molecule has 36 heavy (non-hydrogen) atoms. The number of hydrogen-bond donors (Lipinski definition) is 3. The van der Waals surface area contributed by atoms with Crippen LogP contribution in [-0.2, 0) is 0 Å². The minimum Gasteiger partial charge on any atom is -0.486 e. The van der Waals surface area contributed by atoms with Crippen LogP contribution < -0.4 is 15.4 Å². The molecule has 2 saturated carbocycles. The Morgan fingerprint density at radius 1 is 1.31 bits per heavy atom. The number of halogens is 2. The van der Waals surface area contributed by atoms with Gasteiger partial charge in [0, 0.05) is 35.8 Å². The van der Waals surface area contributed by atoms with Crippen molar-refractivity contribution >= 4 is 28.4 Å². The number of pyridine rings is 1. The van der Waals surface area contributed by atoms with Crippen LogP contribution in [0.4, 0.5) is 14.6 Å². The molecule has 3 N–H and O–H groups in total. The lowest BCUT2D eigenvalue weighted by molar-refractivity contribution is -0.102. The summed E-state index contributed by atoms with van der Waals surface area (Å²) in [7, 11) is 0. The van der Waals surface area contributed by atoms with Gasteiger partial charge in [0.05, 0.1) is 24.9 Å². The van der Waals surface area contributed by atoms with Crippen LogP contribution in [0.25, 0.3) is 27.9 Å². The molecule has 3 aliphatic rings. The minimum atomic E-state index is -2.91. The van der Waals surface area contributed by atoms with Crippen LogP contribution in [-0.4, -0.2) is 66.4 Å². The molecule has 5 heterocycles. The number of hydrogen-bond acceptors (Lipinski definition) is 7. The fraction of sp³-hybridized carbons (Fsp3) is 0.417. The third-order valence-electron chi connectivity index (χ3n) is 7.40. The highest BCUT2D eigenvalue weighted by molar-refractivity contribution is 6.02. The molecule has 186 valence electrons. The van der Waals surface area contributed by atoms with Crippen LogP contribution in [0.15, 0.2) is 30.7 Å². The van der Waals surface area contributed by atoms with E-state index in [1.807, 2.05) is 18.3 Å². The maximum Gasteiger partial charge on any atom is 0.267 e. The van der Waals surface area contributed by atoms with Crippen molar-refractivity contribution in [2.24, 2.45) is 0 Å². The summed E-state index contributed by atoms with van der Waals surface area (Å²) < 4.78 is 37.2. The zero-order valence-corrected chi connectivity index (χ0v) is 19.1. The van der Waals surface area contributed by atoms with Crippen molar-refractivity contribution in [3.8, 4) is 17.0 Å². The van der Waals surface area contributed by atoms with Crippen LogP contribution >= 0.6 is 0 Å². The first-order valence-electron chi connectivity index (χ1n) is 12.0. The summed E-state index contributed by atoms with van der Waals surface area (Å²) in [5, 5.41) is 20.7. The summed E-state index contributed by atoms with van der Waals surface area (Å²) >= 11 is 0. The van der Waals surface area contributed by atoms with E-state index in [-0.39, 0.29) is 36.2 Å². The Hall–Kier alpha value is -3.80. The smallest absolute Gasteiger partial charge is 0.267 e. The van der Waals surface area contributed by atoms with Gasteiger partial charge in [-0.1, -0.05) is 0 Å². The number of anilines is 1. The molecule has 4 aromatic rings. The van der Waals surface area contributed by atoms with E-state index in [4.69, 9.17) is 9.72 Å². The number of nitrogens with zero attached hydrogens (tertiary/aromatic N) is 5. The Morgan fingerprint density at radius 3 is 2.92 bits per heavy atom. The van der Waals surface area contributed by atoms with E-state index in [9.17, 15) is 18.7 Å². The standard InChI is InChI=1S/C24H23F2N7O3/c25-24(26)4-3-17(24)30-23(35)15-10-29-33-21(15)31-18(19-22(33)28-6-7-36-19)16-11-32(12-8-13(34)9-12)20-14(16)2-1-5-27-20/h1-2,5,10-13,17,28,34H,3-4,6-9H2,(H,30,35)/t12?,13?,17-/m1/s1. The summed E-state index contributed by atoms with van der Waals surface area (Å²) in [6.45, 7) is 0.953. The topological polar surface area (TPSA) is 119 Å². The highest BCUT2D eigenvalue weighted by atomic mass is 19.3. The number of ether oxygens (including phenoxy) is 1. The molecule has 7 rings (SSSR count). The highest BCUT2D eigenvalue weighted by Crippen LogP contribution is 2.44. The predicted molar refractivity (Wildman–Crippen MR) is 125 cm³/mol. The number of aliphatic hydroxyl groups excluding tert-OH is 1. The van der Waals surface area contributed by atoms with Gasteiger partial charge in [0.2, 0.25) is 0 Å². The molecular formula is C24H23F2N7O3. The second kappa shape index (κ2) is 7.60. The normalized spacial score (nSPS) is 24.4. The molecule has 0 radical (unpaired) electrons. The van der Waals surface area contributed by atoms with E-state index < -0.39 is 17.9 Å². The fourth-order valence-corrected chi connectivity index (χ4v) is 5.19. The molecule has 1 aliphatic heterocycles. The molecule has 1 atom stereocenters. The Labute approximate surface area is 203 Å². The number of rotatable bonds is 4. The lowest BCUT2D eigenvalue weighted by Gasteiger charge is -2.36. The van der Waals surface area contributed by atoms with Crippen LogP contribution in [0.3, 0.4) is 0 Å². The van der Waals surface area contributed by atoms with Gasteiger partial charge in [-0.05, 0) is 31.4 Å². The van der Waals surface area contributed by atoms with Crippen molar-refractivity contribution in [1.82, 2.24) is 29.5 Å². The highest BCUT2D eigenvalue weighted by Gasteiger charge is 2.49. The van der Waals surface area contributed by atoms with Gasteiger partial charge in [-0.2, -0.15) is 9.61 Å². The minimum absolute atomic E-state index is 0.109. The molecule has 12 heteroatoms. The van der Waals surface area contributed by atoms with Crippen LogP contribution in [0.2, 0.25) is 0 Å². The molecule has 4 aromatic heterocycles. The summed E-state index contributed by atoms with van der Waals surface area (Å²) in [5.74, 6) is -2.52. The van der Waals surface area contributed by atoms with Gasteiger partial charge in [0.25, 0.3) is 11.8 Å². The van der Waals surface area contributed by atoms with Gasteiger partial charge < -0.3 is 25.0 Å². The number of carbonyl (C=O) groups excluding carboxylic acids is 1. The van der Waals surface area contributed by atoms with Crippen LogP contribution in [0.5, 0.6) is 5.75 Å². The fourth-order valence-electron chi connectivity index (χ4n) is 5.19. The summed E-state index contributed by atoms with van der Waals surface area (Å²) in [4.78, 5) is 22.4. The van der Waals surface area contributed by atoms with Gasteiger partial charge >= 0.3 is 0 Å². The van der Waals surface area contributed by atoms with Crippen LogP contribution in [0, 0.1) is 0 Å². The van der Waals surface area contributed by atoms with Gasteiger partial charge in [-0.25, -0.2) is 18.7 Å². The molecule has 2 aliphatic carbocycles. The third-order valence-corrected chi connectivity index (χ3v) is 7.40. The number of aliphatic hydroxyl groups is 1. The van der Waals surface area contributed by atoms with Crippen molar-refractivity contribution in [2.75, 3.05) is 18.5 Å². The maximum absolute atomic E-state index is 13.8. The zero-order valence-electron chi connectivity index (χ0n) is 19.1. The van der Waals surface area contributed by atoms with E-state index in [1.54, 1.807) is 6.20 Å². The Bertz CT molecular complexity index is 1530. The van der Waals surface area contributed by atoms with E-state index >= 15 is 0 Å². The quantitative estimate of drug-likeness (QED) is 0.398. The molecule has 0 bridgehead atoms. The summed E-state index contributed by atoms with van der Waals surface area (Å²) in [5.41, 5.74) is 2.39. The Morgan fingerprint density at radius 2 is 2.17 bits per heavy atom. The second-order valence-corrected chi connectivity index (χ2v) is 9.64. The molecule has 0 spiro atoms. The van der Waals surface area contributed by atoms with Gasteiger partial charge in [-0.3, -0.25) is 4.79 Å². The Kier molecular flexibility index (Phi) is 4.53. The number of amides is 1. The lowest BCUT2D eigenvalue weighted by atomic mass is 9.88. The van der Waals surface area contributed by atoms with E-state index in [0.29, 0.717) is 43.3 Å². The first kappa shape index (κ1) is 21.5. The number of carbonyl (C=O) groups is 1.